The smallest absolute Gasteiger partial charge is 0.304 e. The van der Waals surface area contributed by atoms with Crippen LogP contribution >= 0.6 is 0 Å². The SMILES string of the molecule is COc1ccc([Si](C)(C)[C@@H]2[C@@H](CCO)O[C@]3(C(=O)N(c4ccccc4)c4ccc(N5C(=O)CC5OC(C)=O)cc43)[C@H]2C)cc1. The Morgan fingerprint density at radius 3 is 2.36 bits per heavy atom. The number of fused-ring (bicyclic) bond motifs is 2. The number of aliphatic hydroxyl groups is 1. The normalized spacial score (nSPS) is 26.1. The molecule has 0 radical (unpaired) electrons. The van der Waals surface area contributed by atoms with Crippen molar-refractivity contribution in [1.29, 1.82) is 0 Å². The van der Waals surface area contributed by atoms with Crippen LogP contribution in [-0.2, 0) is 29.5 Å². The Labute approximate surface area is 258 Å². The van der Waals surface area contributed by atoms with Crippen molar-refractivity contribution >= 4 is 48.1 Å². The molecule has 9 nitrogen and oxygen atoms in total. The number of nitrogens with zero attached hydrogens (tertiary/aromatic N) is 2. The quantitative estimate of drug-likeness (QED) is 0.225. The summed E-state index contributed by atoms with van der Waals surface area (Å²) in [5.74, 6) is -0.326. The van der Waals surface area contributed by atoms with Crippen LogP contribution < -0.4 is 19.7 Å². The predicted molar refractivity (Wildman–Crippen MR) is 169 cm³/mol. The van der Waals surface area contributed by atoms with Crippen molar-refractivity contribution in [3.63, 3.8) is 0 Å². The summed E-state index contributed by atoms with van der Waals surface area (Å²) in [6.45, 7) is 7.90. The first-order valence-corrected chi connectivity index (χ1v) is 18.1. The molecular weight excluding hydrogens is 576 g/mol. The molecule has 3 aliphatic heterocycles. The summed E-state index contributed by atoms with van der Waals surface area (Å²) in [7, 11) is -0.705. The predicted octanol–water partition coefficient (Wildman–Crippen LogP) is 4.60. The minimum Gasteiger partial charge on any atom is -0.497 e. The lowest BCUT2D eigenvalue weighted by molar-refractivity contribution is -0.153. The standard InChI is InChI=1S/C34H38N2O7Si/c1-21-32(44(4,5)26-14-12-25(41-3)13-15-26)29(17-18-37)43-34(21)27-19-24(36-30(39)20-31(36)42-22(2)38)11-16-28(27)35(33(34)40)23-9-7-6-8-10-23/h6-16,19,21,29,31-32,37H,17-18,20H2,1-5H3/t21-,29+,31?,32-,34+/m0/s1. The molecule has 0 saturated carbocycles. The maximum Gasteiger partial charge on any atom is 0.304 e. The largest absolute Gasteiger partial charge is 0.497 e. The third-order valence-corrected chi connectivity index (χ3v) is 14.0. The number of amides is 2. The van der Waals surface area contributed by atoms with Crippen molar-refractivity contribution in [2.75, 3.05) is 23.5 Å². The van der Waals surface area contributed by atoms with Gasteiger partial charge in [-0.1, -0.05) is 55.5 Å². The van der Waals surface area contributed by atoms with Gasteiger partial charge < -0.3 is 19.3 Å². The van der Waals surface area contributed by atoms with Crippen molar-refractivity contribution in [3.8, 4) is 5.75 Å². The Balaban J connectivity index is 1.50. The van der Waals surface area contributed by atoms with E-state index in [9.17, 15) is 19.5 Å². The van der Waals surface area contributed by atoms with E-state index in [0.29, 0.717) is 29.0 Å². The summed E-state index contributed by atoms with van der Waals surface area (Å²) in [6.07, 6.45) is -0.591. The van der Waals surface area contributed by atoms with Gasteiger partial charge in [0, 0.05) is 36.4 Å². The number of hydrogen-bond acceptors (Lipinski definition) is 7. The first kappa shape index (κ1) is 30.1. The molecule has 0 aliphatic carbocycles. The maximum absolute atomic E-state index is 14.9. The third-order valence-electron chi connectivity index (χ3n) is 9.64. The van der Waals surface area contributed by atoms with Crippen LogP contribution in [0.5, 0.6) is 5.75 Å². The first-order chi connectivity index (χ1) is 21.0. The van der Waals surface area contributed by atoms with Crippen LogP contribution in [0, 0.1) is 5.92 Å². The number of esters is 1. The minimum absolute atomic E-state index is 0.0290. The summed E-state index contributed by atoms with van der Waals surface area (Å²) < 4.78 is 17.8. The third kappa shape index (κ3) is 4.55. The zero-order valence-electron chi connectivity index (χ0n) is 25.7. The number of benzene rings is 3. The molecular formula is C34H38N2O7Si. The van der Waals surface area contributed by atoms with Crippen LogP contribution in [0.3, 0.4) is 0 Å². The molecule has 1 N–H and O–H groups in total. The molecule has 3 heterocycles. The van der Waals surface area contributed by atoms with E-state index in [-0.39, 0.29) is 42.4 Å². The first-order valence-electron chi connectivity index (χ1n) is 15.0. The Hall–Kier alpha value is -3.99. The van der Waals surface area contributed by atoms with E-state index >= 15 is 0 Å². The number of anilines is 3. The second-order valence-electron chi connectivity index (χ2n) is 12.4. The van der Waals surface area contributed by atoms with Gasteiger partial charge in [-0.25, -0.2) is 0 Å². The Morgan fingerprint density at radius 2 is 1.75 bits per heavy atom. The summed E-state index contributed by atoms with van der Waals surface area (Å²) in [5.41, 5.74) is 1.22. The molecule has 3 aliphatic rings. The fourth-order valence-electron chi connectivity index (χ4n) is 7.59. The van der Waals surface area contributed by atoms with E-state index in [4.69, 9.17) is 14.2 Å². The number of β-lactam (4-membered cyclic amide) rings is 1. The highest BCUT2D eigenvalue weighted by atomic mass is 28.3. The van der Waals surface area contributed by atoms with Crippen LogP contribution in [0.1, 0.15) is 32.3 Å². The maximum atomic E-state index is 14.9. The monoisotopic (exact) mass is 614 g/mol. The van der Waals surface area contributed by atoms with Crippen LogP contribution in [-0.4, -0.2) is 57.0 Å². The number of rotatable bonds is 8. The molecule has 2 fully saturated rings. The summed E-state index contributed by atoms with van der Waals surface area (Å²) in [6, 6.07) is 23.1. The van der Waals surface area contributed by atoms with Gasteiger partial charge in [-0.15, -0.1) is 0 Å². The van der Waals surface area contributed by atoms with Crippen LogP contribution in [0.25, 0.3) is 0 Å². The highest BCUT2D eigenvalue weighted by molar-refractivity contribution is 6.91. The fraction of sp³-hybridized carbons (Fsp3) is 0.382. The minimum atomic E-state index is -2.35. The number of carbonyl (C=O) groups is 3. The number of ether oxygens (including phenoxy) is 3. The van der Waals surface area contributed by atoms with Gasteiger partial charge in [0.1, 0.15) is 5.75 Å². The second kappa shape index (κ2) is 11.2. The number of aliphatic hydroxyl groups excluding tert-OH is 1. The van der Waals surface area contributed by atoms with E-state index in [1.807, 2.05) is 54.6 Å². The van der Waals surface area contributed by atoms with E-state index < -0.39 is 25.9 Å². The molecule has 3 aromatic rings. The van der Waals surface area contributed by atoms with Gasteiger partial charge in [-0.05, 0) is 54.4 Å². The van der Waals surface area contributed by atoms with Crippen molar-refractivity contribution < 1.29 is 33.7 Å². The lowest BCUT2D eigenvalue weighted by atomic mass is 9.82. The van der Waals surface area contributed by atoms with Crippen LogP contribution in [0.2, 0.25) is 18.6 Å². The Morgan fingerprint density at radius 1 is 1.05 bits per heavy atom. The molecule has 2 amide bonds. The summed E-state index contributed by atoms with van der Waals surface area (Å²) >= 11 is 0. The molecule has 6 rings (SSSR count). The highest BCUT2D eigenvalue weighted by Crippen LogP contribution is 2.61. The van der Waals surface area contributed by atoms with Crippen molar-refractivity contribution in [3.05, 3.63) is 78.4 Å². The fourth-order valence-corrected chi connectivity index (χ4v) is 11.7. The van der Waals surface area contributed by atoms with Gasteiger partial charge in [-0.2, -0.15) is 0 Å². The molecule has 2 saturated heterocycles. The van der Waals surface area contributed by atoms with Crippen LogP contribution in [0.4, 0.5) is 17.1 Å². The molecule has 0 bridgehead atoms. The van der Waals surface area contributed by atoms with E-state index in [2.05, 4.69) is 32.2 Å². The van der Waals surface area contributed by atoms with Crippen LogP contribution in [0.15, 0.2) is 72.8 Å². The van der Waals surface area contributed by atoms with E-state index in [1.54, 1.807) is 18.1 Å². The number of hydrogen-bond donors (Lipinski definition) is 1. The van der Waals surface area contributed by atoms with Gasteiger partial charge in [-0.3, -0.25) is 24.2 Å². The zero-order chi connectivity index (χ0) is 31.4. The molecule has 44 heavy (non-hydrogen) atoms. The number of methoxy groups -OCH3 is 1. The average Bonchev–Trinajstić information content (AvgIpc) is 3.43. The average molecular weight is 615 g/mol. The number of carbonyl (C=O) groups excluding carboxylic acids is 3. The molecule has 5 atom stereocenters. The number of para-hydroxylation sites is 1. The molecule has 10 heteroatoms. The molecule has 3 aromatic carbocycles. The van der Waals surface area contributed by atoms with Gasteiger partial charge in [0.15, 0.2) is 11.8 Å². The second-order valence-corrected chi connectivity index (χ2v) is 17.1. The van der Waals surface area contributed by atoms with E-state index in [1.165, 1.54) is 17.0 Å². The van der Waals surface area contributed by atoms with Crippen molar-refractivity contribution in [2.45, 2.75) is 63.3 Å². The summed E-state index contributed by atoms with van der Waals surface area (Å²) in [5, 5.41) is 11.4. The summed E-state index contributed by atoms with van der Waals surface area (Å²) in [4.78, 5) is 42.5. The van der Waals surface area contributed by atoms with Gasteiger partial charge in [0.05, 0.1) is 33.4 Å². The zero-order valence-corrected chi connectivity index (χ0v) is 26.7. The highest BCUT2D eigenvalue weighted by Gasteiger charge is 2.66. The van der Waals surface area contributed by atoms with Gasteiger partial charge in [0.25, 0.3) is 5.91 Å². The Kier molecular flexibility index (Phi) is 7.63. The molecule has 0 aromatic heterocycles. The molecule has 230 valence electrons. The lowest BCUT2D eigenvalue weighted by Gasteiger charge is -2.39. The molecule has 1 unspecified atom stereocenters. The van der Waals surface area contributed by atoms with Gasteiger partial charge >= 0.3 is 5.97 Å². The molecule has 1 spiro atoms. The van der Waals surface area contributed by atoms with E-state index in [0.717, 1.165) is 5.75 Å². The Bertz CT molecular complexity index is 1590. The topological polar surface area (TPSA) is 106 Å². The van der Waals surface area contributed by atoms with Gasteiger partial charge in [0.2, 0.25) is 5.91 Å². The lowest BCUT2D eigenvalue weighted by Crippen LogP contribution is -2.55. The van der Waals surface area contributed by atoms with Crippen molar-refractivity contribution in [1.82, 2.24) is 0 Å². The van der Waals surface area contributed by atoms with Crippen molar-refractivity contribution in [2.24, 2.45) is 5.92 Å².